The van der Waals surface area contributed by atoms with E-state index in [0.717, 1.165) is 0 Å². The van der Waals surface area contributed by atoms with Gasteiger partial charge in [0.25, 0.3) is 0 Å². The second kappa shape index (κ2) is 8.26. The van der Waals surface area contributed by atoms with Crippen molar-refractivity contribution in [3.8, 4) is 0 Å². The van der Waals surface area contributed by atoms with Crippen molar-refractivity contribution in [3.05, 3.63) is 24.3 Å². The van der Waals surface area contributed by atoms with Gasteiger partial charge < -0.3 is 10.1 Å². The summed E-state index contributed by atoms with van der Waals surface area (Å²) < 4.78 is 31.0. The van der Waals surface area contributed by atoms with E-state index in [0.29, 0.717) is 18.9 Å². The maximum atomic E-state index is 12.3. The average molecular weight is 328 g/mol. The fraction of sp³-hybridized carbons (Fsp3) is 0.533. The Morgan fingerprint density at radius 2 is 1.86 bits per heavy atom. The van der Waals surface area contributed by atoms with Crippen molar-refractivity contribution in [1.29, 1.82) is 0 Å². The molecule has 0 fully saturated rings. The summed E-state index contributed by atoms with van der Waals surface area (Å²) in [4.78, 5) is 11.9. The molecule has 0 atom stereocenters. The Morgan fingerprint density at radius 3 is 2.36 bits per heavy atom. The van der Waals surface area contributed by atoms with Crippen molar-refractivity contribution in [3.63, 3.8) is 0 Å². The molecule has 0 saturated heterocycles. The molecule has 0 unspecified atom stereocenters. The summed E-state index contributed by atoms with van der Waals surface area (Å²) in [6.45, 7) is 6.43. The third-order valence-electron chi connectivity index (χ3n) is 3.22. The van der Waals surface area contributed by atoms with Gasteiger partial charge in [-0.15, -0.1) is 0 Å². The zero-order chi connectivity index (χ0) is 16.8. The van der Waals surface area contributed by atoms with E-state index < -0.39 is 10.0 Å². The zero-order valence-electron chi connectivity index (χ0n) is 13.5. The van der Waals surface area contributed by atoms with E-state index in [2.05, 4.69) is 5.32 Å². The normalized spacial score (nSPS) is 11.9. The van der Waals surface area contributed by atoms with Crippen LogP contribution in [-0.2, 0) is 19.6 Å². The first-order valence-electron chi connectivity index (χ1n) is 7.24. The van der Waals surface area contributed by atoms with Crippen molar-refractivity contribution in [2.45, 2.75) is 38.1 Å². The summed E-state index contributed by atoms with van der Waals surface area (Å²) in [5.74, 6) is -0.164. The van der Waals surface area contributed by atoms with Crippen LogP contribution in [0.1, 0.15) is 27.2 Å². The quantitative estimate of drug-likeness (QED) is 0.741. The molecule has 0 heterocycles. The first-order valence-corrected chi connectivity index (χ1v) is 8.68. The number of ether oxygens (including phenoxy) is 1. The van der Waals surface area contributed by atoms with Crippen LogP contribution in [0.25, 0.3) is 0 Å². The predicted molar refractivity (Wildman–Crippen MR) is 86.3 cm³/mol. The average Bonchev–Trinajstić information content (AvgIpc) is 2.47. The summed E-state index contributed by atoms with van der Waals surface area (Å²) >= 11 is 0. The maximum absolute atomic E-state index is 12.3. The molecule has 0 saturated carbocycles. The number of carbonyl (C=O) groups excluding carboxylic acids is 1. The molecular weight excluding hydrogens is 304 g/mol. The van der Waals surface area contributed by atoms with Gasteiger partial charge >= 0.3 is 0 Å². The Hall–Kier alpha value is -1.44. The molecule has 0 aliphatic rings. The first-order chi connectivity index (χ1) is 10.3. The van der Waals surface area contributed by atoms with Crippen LogP contribution in [0.5, 0.6) is 0 Å². The van der Waals surface area contributed by atoms with Gasteiger partial charge in [-0.25, -0.2) is 8.42 Å². The van der Waals surface area contributed by atoms with Crippen LogP contribution in [0.3, 0.4) is 0 Å². The van der Waals surface area contributed by atoms with Gasteiger partial charge in [-0.05, 0) is 45.0 Å². The van der Waals surface area contributed by atoms with Crippen LogP contribution in [-0.4, -0.2) is 44.9 Å². The molecule has 0 bridgehead atoms. The molecule has 0 aliphatic carbocycles. The molecule has 0 radical (unpaired) electrons. The van der Waals surface area contributed by atoms with E-state index >= 15 is 0 Å². The number of carbonyl (C=O) groups is 1. The summed E-state index contributed by atoms with van der Waals surface area (Å²) in [7, 11) is -1.96. The number of rotatable bonds is 8. The van der Waals surface area contributed by atoms with Crippen molar-refractivity contribution in [1.82, 2.24) is 4.31 Å². The summed E-state index contributed by atoms with van der Waals surface area (Å²) in [6.07, 6.45) is 0.268. The van der Waals surface area contributed by atoms with E-state index in [9.17, 15) is 13.2 Å². The maximum Gasteiger partial charge on any atom is 0.243 e. The molecule has 1 rings (SSSR count). The lowest BCUT2D eigenvalue weighted by Gasteiger charge is -2.21. The van der Waals surface area contributed by atoms with Crippen LogP contribution < -0.4 is 5.32 Å². The van der Waals surface area contributed by atoms with Crippen molar-refractivity contribution < 1.29 is 17.9 Å². The van der Waals surface area contributed by atoms with Crippen LogP contribution in [0, 0.1) is 0 Å². The third kappa shape index (κ3) is 5.08. The minimum atomic E-state index is -3.50. The smallest absolute Gasteiger partial charge is 0.243 e. The monoisotopic (exact) mass is 328 g/mol. The second-order valence-corrected chi connectivity index (χ2v) is 7.13. The van der Waals surface area contributed by atoms with Gasteiger partial charge in [0.05, 0.1) is 17.9 Å². The Morgan fingerprint density at radius 1 is 1.27 bits per heavy atom. The van der Waals surface area contributed by atoms with Gasteiger partial charge in [0.2, 0.25) is 15.9 Å². The Balaban J connectivity index is 2.73. The molecule has 1 aromatic carbocycles. The molecule has 1 aromatic rings. The van der Waals surface area contributed by atoms with E-state index in [1.165, 1.54) is 16.4 Å². The van der Waals surface area contributed by atoms with Gasteiger partial charge in [0.15, 0.2) is 0 Å². The minimum absolute atomic E-state index is 0.122. The molecule has 124 valence electrons. The standard InChI is InChI=1S/C15H24N2O4S/c1-5-21-11-10-15(18)16-13-6-8-14(9-7-13)22(19,20)17(4)12(2)3/h6-9,12H,5,10-11H2,1-4H3,(H,16,18). The third-order valence-corrected chi connectivity index (χ3v) is 5.27. The van der Waals surface area contributed by atoms with Crippen LogP contribution in [0.4, 0.5) is 5.69 Å². The highest BCUT2D eigenvalue weighted by atomic mass is 32.2. The molecule has 7 heteroatoms. The van der Waals surface area contributed by atoms with Gasteiger partial charge in [0.1, 0.15) is 0 Å². The topological polar surface area (TPSA) is 75.7 Å². The molecule has 1 N–H and O–H groups in total. The number of hydrogen-bond acceptors (Lipinski definition) is 4. The molecule has 6 nitrogen and oxygen atoms in total. The summed E-state index contributed by atoms with van der Waals surface area (Å²) in [5, 5.41) is 2.70. The fourth-order valence-corrected chi connectivity index (χ4v) is 3.05. The van der Waals surface area contributed by atoms with Crippen LogP contribution >= 0.6 is 0 Å². The lowest BCUT2D eigenvalue weighted by Crippen LogP contribution is -2.33. The molecular formula is C15H24N2O4S. The highest BCUT2D eigenvalue weighted by Gasteiger charge is 2.22. The van der Waals surface area contributed by atoms with Crippen molar-refractivity contribution in [2.75, 3.05) is 25.6 Å². The summed E-state index contributed by atoms with van der Waals surface area (Å²) in [6, 6.07) is 6.03. The number of sulfonamides is 1. The van der Waals surface area contributed by atoms with E-state index in [1.807, 2.05) is 20.8 Å². The van der Waals surface area contributed by atoms with Crippen molar-refractivity contribution >= 4 is 21.6 Å². The largest absolute Gasteiger partial charge is 0.381 e. The molecule has 0 aliphatic heterocycles. The number of nitrogens with zero attached hydrogens (tertiary/aromatic N) is 1. The van der Waals surface area contributed by atoms with E-state index in [4.69, 9.17) is 4.74 Å². The molecule has 0 aromatic heterocycles. The fourth-order valence-electron chi connectivity index (χ4n) is 1.69. The van der Waals surface area contributed by atoms with Crippen LogP contribution in [0.2, 0.25) is 0 Å². The molecule has 0 spiro atoms. The Labute approximate surface area is 132 Å². The Bertz CT molecular complexity index is 582. The molecule has 22 heavy (non-hydrogen) atoms. The number of hydrogen-bond donors (Lipinski definition) is 1. The Kier molecular flexibility index (Phi) is 6.99. The van der Waals surface area contributed by atoms with Gasteiger partial charge in [0, 0.05) is 25.4 Å². The number of anilines is 1. The zero-order valence-corrected chi connectivity index (χ0v) is 14.3. The highest BCUT2D eigenvalue weighted by Crippen LogP contribution is 2.19. The van der Waals surface area contributed by atoms with Gasteiger partial charge in [-0.2, -0.15) is 4.31 Å². The molecule has 1 amide bonds. The lowest BCUT2D eigenvalue weighted by molar-refractivity contribution is -0.117. The number of nitrogens with one attached hydrogen (secondary N) is 1. The van der Waals surface area contributed by atoms with E-state index in [-0.39, 0.29) is 23.3 Å². The minimum Gasteiger partial charge on any atom is -0.381 e. The predicted octanol–water partition coefficient (Wildman–Crippen LogP) is 2.08. The van der Waals surface area contributed by atoms with E-state index in [1.54, 1.807) is 19.2 Å². The van der Waals surface area contributed by atoms with Gasteiger partial charge in [-0.3, -0.25) is 4.79 Å². The second-order valence-electron chi connectivity index (χ2n) is 5.13. The number of amides is 1. The SMILES string of the molecule is CCOCCC(=O)Nc1ccc(S(=O)(=O)N(C)C(C)C)cc1. The summed E-state index contributed by atoms with van der Waals surface area (Å²) in [5.41, 5.74) is 0.563. The lowest BCUT2D eigenvalue weighted by atomic mass is 10.3. The van der Waals surface area contributed by atoms with Crippen molar-refractivity contribution in [2.24, 2.45) is 0 Å². The highest BCUT2D eigenvalue weighted by molar-refractivity contribution is 7.89. The first kappa shape index (κ1) is 18.6. The van der Waals surface area contributed by atoms with Gasteiger partial charge in [-0.1, -0.05) is 0 Å². The number of benzene rings is 1. The van der Waals surface area contributed by atoms with Crippen LogP contribution in [0.15, 0.2) is 29.2 Å².